The summed E-state index contributed by atoms with van der Waals surface area (Å²) in [5, 5.41) is 2.91. The molecular formula is C18H26N2O5S. The Morgan fingerprint density at radius 3 is 2.62 bits per heavy atom. The summed E-state index contributed by atoms with van der Waals surface area (Å²) >= 11 is 0. The highest BCUT2D eigenvalue weighted by Crippen LogP contribution is 2.39. The van der Waals surface area contributed by atoms with E-state index in [4.69, 9.17) is 15.2 Å². The summed E-state index contributed by atoms with van der Waals surface area (Å²) in [5.74, 6) is 0.807. The molecule has 1 amide bonds. The minimum atomic E-state index is -3.60. The Kier molecular flexibility index (Phi) is 5.43. The summed E-state index contributed by atoms with van der Waals surface area (Å²) in [7, 11) is -3.60. The lowest BCUT2D eigenvalue weighted by Gasteiger charge is -2.29. The van der Waals surface area contributed by atoms with Crippen molar-refractivity contribution in [1.82, 2.24) is 5.32 Å². The summed E-state index contributed by atoms with van der Waals surface area (Å²) in [6.45, 7) is 3.29. The molecule has 3 N–H and O–H groups in total. The number of carbonyl (C=O) groups excluding carboxylic acids is 1. The highest BCUT2D eigenvalue weighted by Gasteiger charge is 2.41. The van der Waals surface area contributed by atoms with Gasteiger partial charge in [0.15, 0.2) is 21.3 Å². The number of carbonyl (C=O) groups is 1. The van der Waals surface area contributed by atoms with Crippen molar-refractivity contribution in [2.75, 3.05) is 25.5 Å². The maximum absolute atomic E-state index is 12.6. The SMILES string of the molecule is CC(CN)(NC(=O)CCS(=O)(=O)c1ccc2c(c1)OCCCO2)C1CC1. The second kappa shape index (κ2) is 7.44. The van der Waals surface area contributed by atoms with Gasteiger partial charge in [-0.1, -0.05) is 0 Å². The monoisotopic (exact) mass is 382 g/mol. The second-order valence-electron chi connectivity index (χ2n) is 7.17. The van der Waals surface area contributed by atoms with E-state index in [2.05, 4.69) is 5.32 Å². The van der Waals surface area contributed by atoms with E-state index in [0.717, 1.165) is 19.3 Å². The normalized spacial score (nSPS) is 19.3. The van der Waals surface area contributed by atoms with E-state index in [1.54, 1.807) is 6.07 Å². The van der Waals surface area contributed by atoms with Gasteiger partial charge in [0.1, 0.15) is 0 Å². The molecule has 1 aliphatic carbocycles. The third-order valence-corrected chi connectivity index (χ3v) is 6.72. The molecule has 0 spiro atoms. The number of nitrogens with two attached hydrogens (primary N) is 1. The van der Waals surface area contributed by atoms with Crippen LogP contribution in [0.4, 0.5) is 0 Å². The number of benzene rings is 1. The first-order valence-electron chi connectivity index (χ1n) is 8.97. The molecule has 144 valence electrons. The van der Waals surface area contributed by atoms with Crippen LogP contribution in [0.5, 0.6) is 11.5 Å². The zero-order valence-corrected chi connectivity index (χ0v) is 15.8. The zero-order valence-electron chi connectivity index (χ0n) is 15.0. The molecule has 0 aromatic heterocycles. The zero-order chi connectivity index (χ0) is 18.8. The highest BCUT2D eigenvalue weighted by atomic mass is 32.2. The van der Waals surface area contributed by atoms with Crippen LogP contribution < -0.4 is 20.5 Å². The van der Waals surface area contributed by atoms with Gasteiger partial charge in [-0.25, -0.2) is 8.42 Å². The predicted octanol–water partition coefficient (Wildman–Crippen LogP) is 1.26. The summed E-state index contributed by atoms with van der Waals surface area (Å²) in [6.07, 6.45) is 2.74. The van der Waals surface area contributed by atoms with E-state index >= 15 is 0 Å². The first kappa shape index (κ1) is 19.0. The van der Waals surface area contributed by atoms with Gasteiger partial charge in [0.05, 0.1) is 29.4 Å². The van der Waals surface area contributed by atoms with Crippen molar-refractivity contribution in [2.45, 2.75) is 43.0 Å². The van der Waals surface area contributed by atoms with Crippen molar-refractivity contribution in [2.24, 2.45) is 11.7 Å². The fraction of sp³-hybridized carbons (Fsp3) is 0.611. The van der Waals surface area contributed by atoms with Gasteiger partial charge >= 0.3 is 0 Å². The molecule has 1 heterocycles. The number of rotatable bonds is 7. The minimum Gasteiger partial charge on any atom is -0.490 e. The van der Waals surface area contributed by atoms with Gasteiger partial charge in [-0.2, -0.15) is 0 Å². The fourth-order valence-corrected chi connectivity index (χ4v) is 4.36. The molecule has 1 fully saturated rings. The van der Waals surface area contributed by atoms with Crippen LogP contribution in [-0.2, 0) is 14.6 Å². The number of amides is 1. The van der Waals surface area contributed by atoms with Crippen LogP contribution in [0.25, 0.3) is 0 Å². The maximum Gasteiger partial charge on any atom is 0.221 e. The van der Waals surface area contributed by atoms with Gasteiger partial charge in [-0.05, 0) is 37.8 Å². The van der Waals surface area contributed by atoms with Gasteiger partial charge in [-0.15, -0.1) is 0 Å². The van der Waals surface area contributed by atoms with Crippen molar-refractivity contribution in [1.29, 1.82) is 0 Å². The fourth-order valence-electron chi connectivity index (χ4n) is 3.10. The van der Waals surface area contributed by atoms with Crippen LogP contribution in [0.15, 0.2) is 23.1 Å². The summed E-state index contributed by atoms with van der Waals surface area (Å²) in [6, 6.07) is 4.57. The molecule has 0 saturated heterocycles. The van der Waals surface area contributed by atoms with E-state index in [0.29, 0.717) is 37.2 Å². The molecule has 8 heteroatoms. The molecule has 2 aliphatic rings. The first-order chi connectivity index (χ1) is 12.3. The largest absolute Gasteiger partial charge is 0.490 e. The van der Waals surface area contributed by atoms with Crippen molar-refractivity contribution in [3.63, 3.8) is 0 Å². The second-order valence-corrected chi connectivity index (χ2v) is 9.28. The number of hydrogen-bond acceptors (Lipinski definition) is 6. The molecule has 7 nitrogen and oxygen atoms in total. The number of sulfone groups is 1. The van der Waals surface area contributed by atoms with E-state index in [-0.39, 0.29) is 23.0 Å². The van der Waals surface area contributed by atoms with Crippen LogP contribution in [0.2, 0.25) is 0 Å². The van der Waals surface area contributed by atoms with E-state index < -0.39 is 15.4 Å². The lowest BCUT2D eigenvalue weighted by atomic mass is 9.96. The molecule has 1 aliphatic heterocycles. The number of fused-ring (bicyclic) bond motifs is 1. The topological polar surface area (TPSA) is 108 Å². The number of nitrogens with one attached hydrogen (secondary N) is 1. The molecule has 3 rings (SSSR count). The van der Waals surface area contributed by atoms with Crippen LogP contribution in [-0.4, -0.2) is 45.4 Å². The van der Waals surface area contributed by atoms with Gasteiger partial charge in [0.2, 0.25) is 5.91 Å². The van der Waals surface area contributed by atoms with Crippen LogP contribution >= 0.6 is 0 Å². The van der Waals surface area contributed by atoms with E-state index in [1.807, 2.05) is 6.92 Å². The Morgan fingerprint density at radius 1 is 1.27 bits per heavy atom. The molecule has 0 radical (unpaired) electrons. The van der Waals surface area contributed by atoms with Crippen molar-refractivity contribution in [3.8, 4) is 11.5 Å². The standard InChI is InChI=1S/C18H26N2O5S/c1-18(12-19,13-3-4-13)20-17(21)7-10-26(22,23)14-5-6-15-16(11-14)25-9-2-8-24-15/h5-6,11,13H,2-4,7-10,12,19H2,1H3,(H,20,21). The number of ether oxygens (including phenoxy) is 2. The van der Waals surface area contributed by atoms with Gasteiger partial charge in [0, 0.05) is 25.5 Å². The summed E-state index contributed by atoms with van der Waals surface area (Å²) in [5.41, 5.74) is 5.34. The van der Waals surface area contributed by atoms with Crippen LogP contribution in [0.3, 0.4) is 0 Å². The van der Waals surface area contributed by atoms with Gasteiger partial charge in [0.25, 0.3) is 0 Å². The first-order valence-corrected chi connectivity index (χ1v) is 10.6. The number of hydrogen-bond donors (Lipinski definition) is 2. The van der Waals surface area contributed by atoms with E-state index in [9.17, 15) is 13.2 Å². The smallest absolute Gasteiger partial charge is 0.221 e. The minimum absolute atomic E-state index is 0.0981. The molecule has 1 aromatic rings. The van der Waals surface area contributed by atoms with Crippen molar-refractivity contribution in [3.05, 3.63) is 18.2 Å². The van der Waals surface area contributed by atoms with Crippen LogP contribution in [0.1, 0.15) is 32.6 Å². The maximum atomic E-state index is 12.6. The molecule has 1 aromatic carbocycles. The lowest BCUT2D eigenvalue weighted by molar-refractivity contribution is -0.122. The lowest BCUT2D eigenvalue weighted by Crippen LogP contribution is -2.53. The Balaban J connectivity index is 1.63. The van der Waals surface area contributed by atoms with Crippen molar-refractivity contribution >= 4 is 15.7 Å². The molecule has 0 bridgehead atoms. The molecule has 26 heavy (non-hydrogen) atoms. The third-order valence-electron chi connectivity index (χ3n) is 5.00. The predicted molar refractivity (Wildman–Crippen MR) is 97.0 cm³/mol. The molecule has 1 atom stereocenters. The Labute approximate surface area is 154 Å². The Morgan fingerprint density at radius 2 is 1.96 bits per heavy atom. The van der Waals surface area contributed by atoms with Gasteiger partial charge in [-0.3, -0.25) is 4.79 Å². The third kappa shape index (κ3) is 4.29. The Bertz CT molecular complexity index is 776. The quantitative estimate of drug-likeness (QED) is 0.735. The average Bonchev–Trinajstić information content (AvgIpc) is 3.46. The summed E-state index contributed by atoms with van der Waals surface area (Å²) < 4.78 is 36.2. The van der Waals surface area contributed by atoms with Crippen LogP contribution in [0, 0.1) is 5.92 Å². The molecule has 1 saturated carbocycles. The summed E-state index contributed by atoms with van der Waals surface area (Å²) in [4.78, 5) is 12.4. The Hall–Kier alpha value is -1.80. The average molecular weight is 382 g/mol. The highest BCUT2D eigenvalue weighted by molar-refractivity contribution is 7.91. The van der Waals surface area contributed by atoms with E-state index in [1.165, 1.54) is 12.1 Å². The van der Waals surface area contributed by atoms with Crippen molar-refractivity contribution < 1.29 is 22.7 Å². The molecule has 1 unspecified atom stereocenters. The molecular weight excluding hydrogens is 356 g/mol. The van der Waals surface area contributed by atoms with Gasteiger partial charge < -0.3 is 20.5 Å².